The molecule has 1 aromatic rings. The lowest BCUT2D eigenvalue weighted by molar-refractivity contribution is 0.00309. The van der Waals surface area contributed by atoms with Gasteiger partial charge < -0.3 is 15.7 Å². The maximum Gasteiger partial charge on any atom is 0.315 e. The third-order valence-corrected chi connectivity index (χ3v) is 4.55. The Morgan fingerprint density at radius 3 is 2.91 bits per heavy atom. The van der Waals surface area contributed by atoms with Crippen LogP contribution in [0.5, 0.6) is 0 Å². The van der Waals surface area contributed by atoms with Crippen LogP contribution < -0.4 is 10.6 Å². The topological polar surface area (TPSA) is 85.2 Å². The molecule has 124 valence electrons. The normalized spacial score (nSPS) is 23.8. The van der Waals surface area contributed by atoms with Crippen molar-refractivity contribution >= 4 is 6.03 Å². The summed E-state index contributed by atoms with van der Waals surface area (Å²) >= 11 is 0. The highest BCUT2D eigenvalue weighted by Crippen LogP contribution is 2.35. The fourth-order valence-corrected chi connectivity index (χ4v) is 2.87. The van der Waals surface area contributed by atoms with Crippen LogP contribution in [0.3, 0.4) is 0 Å². The smallest absolute Gasteiger partial charge is 0.315 e. The number of halogens is 1. The minimum Gasteiger partial charge on any atom is -0.392 e. The second kappa shape index (κ2) is 7.42. The first-order valence-corrected chi connectivity index (χ1v) is 7.83. The number of amides is 2. The van der Waals surface area contributed by atoms with E-state index in [-0.39, 0.29) is 17.5 Å². The van der Waals surface area contributed by atoms with Gasteiger partial charge in [0, 0.05) is 24.1 Å². The molecule has 0 heterocycles. The standard InChI is InChI=1S/C17H22FN3O2/c1-17(7-3-2-4-15(17)22)11-21-16(23)20-10-13-6-5-12(9-19)8-14(13)18/h5-6,8,15,22H,2-4,7,10-11H2,1H3,(H2,20,21,23). The van der Waals surface area contributed by atoms with E-state index in [1.165, 1.54) is 12.1 Å². The molecule has 1 aliphatic carbocycles. The first-order valence-electron chi connectivity index (χ1n) is 7.83. The number of nitrogens with zero attached hydrogens (tertiary/aromatic N) is 1. The first kappa shape index (κ1) is 17.2. The molecule has 2 amide bonds. The maximum atomic E-state index is 13.7. The van der Waals surface area contributed by atoms with Crippen LogP contribution in [0, 0.1) is 22.6 Å². The fraction of sp³-hybridized carbons (Fsp3) is 0.529. The van der Waals surface area contributed by atoms with Crippen LogP contribution in [-0.2, 0) is 6.54 Å². The molecule has 6 heteroatoms. The number of rotatable bonds is 4. The van der Waals surface area contributed by atoms with Gasteiger partial charge in [0.2, 0.25) is 0 Å². The number of urea groups is 1. The van der Waals surface area contributed by atoms with Crippen molar-refractivity contribution < 1.29 is 14.3 Å². The number of nitriles is 1. The molecule has 2 unspecified atom stereocenters. The summed E-state index contributed by atoms with van der Waals surface area (Å²) in [5.41, 5.74) is 0.257. The van der Waals surface area contributed by atoms with Crippen LogP contribution >= 0.6 is 0 Å². The monoisotopic (exact) mass is 319 g/mol. The molecule has 23 heavy (non-hydrogen) atoms. The van der Waals surface area contributed by atoms with Crippen LogP contribution in [0.2, 0.25) is 0 Å². The van der Waals surface area contributed by atoms with E-state index < -0.39 is 18.0 Å². The summed E-state index contributed by atoms with van der Waals surface area (Å²) in [4.78, 5) is 11.9. The molecular weight excluding hydrogens is 297 g/mol. The van der Waals surface area contributed by atoms with Crippen LogP contribution in [0.15, 0.2) is 18.2 Å². The van der Waals surface area contributed by atoms with E-state index >= 15 is 0 Å². The van der Waals surface area contributed by atoms with E-state index in [1.54, 1.807) is 0 Å². The molecule has 1 aromatic carbocycles. The number of carbonyl (C=O) groups excluding carboxylic acids is 1. The van der Waals surface area contributed by atoms with E-state index in [9.17, 15) is 14.3 Å². The molecule has 3 N–H and O–H groups in total. The Bertz CT molecular complexity index is 614. The summed E-state index contributed by atoms with van der Waals surface area (Å²) in [6.45, 7) is 2.40. The minimum atomic E-state index is -0.515. The van der Waals surface area contributed by atoms with Crippen molar-refractivity contribution in [3.05, 3.63) is 35.1 Å². The van der Waals surface area contributed by atoms with Crippen LogP contribution in [0.1, 0.15) is 43.7 Å². The second-order valence-electron chi connectivity index (χ2n) is 6.37. The van der Waals surface area contributed by atoms with Gasteiger partial charge in [-0.15, -0.1) is 0 Å². The quantitative estimate of drug-likeness (QED) is 0.797. The first-order chi connectivity index (χ1) is 10.9. The van der Waals surface area contributed by atoms with Gasteiger partial charge in [0.05, 0.1) is 17.7 Å². The molecule has 1 aliphatic rings. The van der Waals surface area contributed by atoms with E-state index in [2.05, 4.69) is 10.6 Å². The molecular formula is C17H22FN3O2. The van der Waals surface area contributed by atoms with Gasteiger partial charge in [-0.05, 0) is 25.0 Å². The number of aliphatic hydroxyl groups excluding tert-OH is 1. The van der Waals surface area contributed by atoms with E-state index in [1.807, 2.05) is 13.0 Å². The predicted molar refractivity (Wildman–Crippen MR) is 83.9 cm³/mol. The summed E-state index contributed by atoms with van der Waals surface area (Å²) in [6, 6.07) is 5.61. The molecule has 2 atom stereocenters. The largest absolute Gasteiger partial charge is 0.392 e. The van der Waals surface area contributed by atoms with Gasteiger partial charge in [-0.25, -0.2) is 9.18 Å². The van der Waals surface area contributed by atoms with Crippen LogP contribution in [0.25, 0.3) is 0 Å². The molecule has 0 radical (unpaired) electrons. The third kappa shape index (κ3) is 4.42. The van der Waals surface area contributed by atoms with E-state index in [0.717, 1.165) is 31.7 Å². The number of benzene rings is 1. The van der Waals surface area contributed by atoms with Crippen molar-refractivity contribution in [2.45, 2.75) is 45.3 Å². The molecule has 0 aromatic heterocycles. The summed E-state index contributed by atoms with van der Waals surface area (Å²) in [5, 5.41) is 24.1. The molecule has 0 bridgehead atoms. The van der Waals surface area contributed by atoms with Gasteiger partial charge in [0.15, 0.2) is 0 Å². The molecule has 1 fully saturated rings. The summed E-state index contributed by atoms with van der Waals surface area (Å²) in [6.07, 6.45) is 3.29. The van der Waals surface area contributed by atoms with Crippen molar-refractivity contribution in [3.63, 3.8) is 0 Å². The van der Waals surface area contributed by atoms with Gasteiger partial charge in [0.25, 0.3) is 0 Å². The lowest BCUT2D eigenvalue weighted by Gasteiger charge is -2.38. The van der Waals surface area contributed by atoms with Gasteiger partial charge in [-0.3, -0.25) is 0 Å². The SMILES string of the molecule is CC1(CNC(=O)NCc2ccc(C#N)cc2F)CCCCC1O. The minimum absolute atomic E-state index is 0.0443. The van der Waals surface area contributed by atoms with Gasteiger partial charge in [-0.1, -0.05) is 25.8 Å². The van der Waals surface area contributed by atoms with Crippen molar-refractivity contribution in [1.82, 2.24) is 10.6 Å². The third-order valence-electron chi connectivity index (χ3n) is 4.55. The highest BCUT2D eigenvalue weighted by Gasteiger charge is 2.35. The predicted octanol–water partition coefficient (Wildman–Crippen LogP) is 2.44. The van der Waals surface area contributed by atoms with Crippen molar-refractivity contribution in [2.24, 2.45) is 5.41 Å². The Kier molecular flexibility index (Phi) is 5.56. The van der Waals surface area contributed by atoms with Crippen LogP contribution in [-0.4, -0.2) is 23.8 Å². The highest BCUT2D eigenvalue weighted by atomic mass is 19.1. The molecule has 0 aliphatic heterocycles. The zero-order valence-electron chi connectivity index (χ0n) is 13.2. The van der Waals surface area contributed by atoms with Crippen molar-refractivity contribution in [2.75, 3.05) is 6.54 Å². The van der Waals surface area contributed by atoms with Crippen LogP contribution in [0.4, 0.5) is 9.18 Å². The number of nitrogens with one attached hydrogen (secondary N) is 2. The highest BCUT2D eigenvalue weighted by molar-refractivity contribution is 5.73. The Labute approximate surface area is 135 Å². The second-order valence-corrected chi connectivity index (χ2v) is 6.37. The molecule has 2 rings (SSSR count). The summed E-state index contributed by atoms with van der Waals surface area (Å²) in [5.74, 6) is -0.515. The maximum absolute atomic E-state index is 13.7. The number of carbonyl (C=O) groups is 1. The molecule has 1 saturated carbocycles. The fourth-order valence-electron chi connectivity index (χ4n) is 2.87. The zero-order chi connectivity index (χ0) is 16.9. The van der Waals surface area contributed by atoms with E-state index in [0.29, 0.717) is 12.1 Å². The Balaban J connectivity index is 1.82. The average Bonchev–Trinajstić information content (AvgIpc) is 2.54. The Morgan fingerprint density at radius 2 is 2.26 bits per heavy atom. The summed E-state index contributed by atoms with van der Waals surface area (Å²) < 4.78 is 13.7. The Hall–Kier alpha value is -2.13. The van der Waals surface area contributed by atoms with Crippen molar-refractivity contribution in [3.8, 4) is 6.07 Å². The zero-order valence-corrected chi connectivity index (χ0v) is 13.2. The van der Waals surface area contributed by atoms with Crippen molar-refractivity contribution in [1.29, 1.82) is 5.26 Å². The molecule has 0 saturated heterocycles. The number of hydrogen-bond donors (Lipinski definition) is 3. The molecule has 0 spiro atoms. The number of aliphatic hydroxyl groups is 1. The lowest BCUT2D eigenvalue weighted by Crippen LogP contribution is -2.47. The summed E-state index contributed by atoms with van der Waals surface area (Å²) in [7, 11) is 0. The van der Waals surface area contributed by atoms with E-state index in [4.69, 9.17) is 5.26 Å². The number of hydrogen-bond acceptors (Lipinski definition) is 3. The van der Waals surface area contributed by atoms with Gasteiger partial charge in [0.1, 0.15) is 5.82 Å². The average molecular weight is 319 g/mol. The molecule has 5 nitrogen and oxygen atoms in total. The lowest BCUT2D eigenvalue weighted by atomic mass is 9.73. The Morgan fingerprint density at radius 1 is 1.48 bits per heavy atom. The van der Waals surface area contributed by atoms with Gasteiger partial charge in [-0.2, -0.15) is 5.26 Å². The van der Waals surface area contributed by atoms with Gasteiger partial charge >= 0.3 is 6.03 Å².